The highest BCUT2D eigenvalue weighted by molar-refractivity contribution is 5.40. The van der Waals surface area contributed by atoms with Crippen LogP contribution < -0.4 is 0 Å². The average molecular weight is 210 g/mol. The van der Waals surface area contributed by atoms with Gasteiger partial charge in [-0.25, -0.2) is 9.98 Å². The first-order chi connectivity index (χ1) is 7.33. The van der Waals surface area contributed by atoms with Crippen LogP contribution in [0.25, 0.3) is 0 Å². The second kappa shape index (κ2) is 7.57. The first-order valence-corrected chi connectivity index (χ1v) is 5.82. The van der Waals surface area contributed by atoms with Crippen molar-refractivity contribution in [2.24, 2.45) is 9.98 Å². The summed E-state index contributed by atoms with van der Waals surface area (Å²) in [5, 5.41) is 0. The van der Waals surface area contributed by atoms with Crippen molar-refractivity contribution in [3.63, 3.8) is 0 Å². The molecule has 0 saturated carbocycles. The zero-order valence-electron chi connectivity index (χ0n) is 9.95. The third kappa shape index (κ3) is 5.67. The molecule has 1 aliphatic rings. The second-order valence-corrected chi connectivity index (χ2v) is 3.95. The van der Waals surface area contributed by atoms with Crippen LogP contribution in [0.4, 0.5) is 0 Å². The second-order valence-electron chi connectivity index (χ2n) is 3.95. The van der Waals surface area contributed by atoms with Crippen LogP contribution in [0.15, 0.2) is 9.98 Å². The molecule has 0 amide bonds. The molecule has 15 heavy (non-hydrogen) atoms. The maximum atomic E-state index is 4.11. The molecule has 1 rings (SSSR count). The summed E-state index contributed by atoms with van der Waals surface area (Å²) in [7, 11) is 2.18. The lowest BCUT2D eigenvalue weighted by molar-refractivity contribution is 0.153. The smallest absolute Gasteiger partial charge is 0.0892 e. The fraction of sp³-hybridized carbons (Fsp3) is 0.909. The number of hydrogen-bond acceptors (Lipinski definition) is 4. The van der Waals surface area contributed by atoms with E-state index in [1.54, 1.807) is 0 Å². The van der Waals surface area contributed by atoms with Crippen molar-refractivity contribution < 1.29 is 0 Å². The Morgan fingerprint density at radius 1 is 1.13 bits per heavy atom. The number of piperazine rings is 1. The molecular weight excluding hydrogens is 188 g/mol. The largest absolute Gasteiger partial charge is 0.304 e. The zero-order valence-corrected chi connectivity index (χ0v) is 9.95. The zero-order chi connectivity index (χ0) is 10.9. The van der Waals surface area contributed by atoms with Gasteiger partial charge in [0.05, 0.1) is 12.6 Å². The summed E-state index contributed by atoms with van der Waals surface area (Å²) in [6, 6.07) is 2.70. The summed E-state index contributed by atoms with van der Waals surface area (Å²) in [5.74, 6) is 0. The van der Waals surface area contributed by atoms with Crippen LogP contribution >= 0.6 is 0 Å². The number of likely N-dealkylation sites (N-methyl/N-ethyl adjacent to an activating group) is 1. The molecule has 1 saturated heterocycles. The Morgan fingerprint density at radius 3 is 2.53 bits per heavy atom. The summed E-state index contributed by atoms with van der Waals surface area (Å²) in [4.78, 5) is 12.9. The third-order valence-electron chi connectivity index (χ3n) is 2.64. The van der Waals surface area contributed by atoms with Crippen molar-refractivity contribution in [2.75, 3.05) is 52.9 Å². The number of nitrogens with zero attached hydrogens (tertiary/aromatic N) is 4. The number of aliphatic imine (C=N–C) groups is 2. The van der Waals surface area contributed by atoms with E-state index in [1.165, 1.54) is 26.2 Å². The van der Waals surface area contributed by atoms with Gasteiger partial charge in [0.1, 0.15) is 0 Å². The molecule has 0 aromatic rings. The van der Waals surface area contributed by atoms with Gasteiger partial charge in [0.25, 0.3) is 0 Å². The summed E-state index contributed by atoms with van der Waals surface area (Å²) in [6.45, 7) is 9.57. The summed E-state index contributed by atoms with van der Waals surface area (Å²) < 4.78 is 0. The van der Waals surface area contributed by atoms with Gasteiger partial charge < -0.3 is 9.80 Å². The van der Waals surface area contributed by atoms with E-state index in [0.29, 0.717) is 0 Å². The van der Waals surface area contributed by atoms with Gasteiger partial charge in [0, 0.05) is 39.3 Å². The Morgan fingerprint density at radius 2 is 1.87 bits per heavy atom. The quantitative estimate of drug-likeness (QED) is 0.497. The van der Waals surface area contributed by atoms with E-state index in [1.807, 2.05) is 6.92 Å². The Bertz CT molecular complexity index is 213. The minimum absolute atomic E-state index is 0.780. The van der Waals surface area contributed by atoms with E-state index in [-0.39, 0.29) is 0 Å². The molecule has 4 heteroatoms. The van der Waals surface area contributed by atoms with E-state index in [4.69, 9.17) is 0 Å². The summed E-state index contributed by atoms with van der Waals surface area (Å²) in [5.41, 5.74) is 0. The summed E-state index contributed by atoms with van der Waals surface area (Å²) in [6.07, 6.45) is 1.12. The van der Waals surface area contributed by atoms with Gasteiger partial charge in [0.15, 0.2) is 0 Å². The summed E-state index contributed by atoms with van der Waals surface area (Å²) >= 11 is 0. The van der Waals surface area contributed by atoms with Crippen molar-refractivity contribution >= 4 is 6.01 Å². The lowest BCUT2D eigenvalue weighted by atomic mass is 10.3. The molecule has 0 atom stereocenters. The lowest BCUT2D eigenvalue weighted by Crippen LogP contribution is -2.44. The van der Waals surface area contributed by atoms with E-state index >= 15 is 0 Å². The van der Waals surface area contributed by atoms with Gasteiger partial charge >= 0.3 is 0 Å². The van der Waals surface area contributed by atoms with Crippen molar-refractivity contribution in [3.8, 4) is 0 Å². The number of hydrogen-bond donors (Lipinski definition) is 0. The predicted molar refractivity (Wildman–Crippen MR) is 63.8 cm³/mol. The maximum Gasteiger partial charge on any atom is 0.0892 e. The maximum absolute atomic E-state index is 4.11. The van der Waals surface area contributed by atoms with E-state index < -0.39 is 0 Å². The molecule has 1 heterocycles. The Balaban J connectivity index is 2.03. The SMILES string of the molecule is CCN=C=NCCCN1CCN(C)CC1. The van der Waals surface area contributed by atoms with Gasteiger partial charge in [-0.2, -0.15) is 0 Å². The van der Waals surface area contributed by atoms with Crippen molar-refractivity contribution in [1.82, 2.24) is 9.80 Å². The van der Waals surface area contributed by atoms with Crippen molar-refractivity contribution in [1.29, 1.82) is 0 Å². The Labute approximate surface area is 92.7 Å². The number of rotatable bonds is 5. The molecule has 0 spiro atoms. The van der Waals surface area contributed by atoms with Crippen LogP contribution in [0.1, 0.15) is 13.3 Å². The standard InChI is InChI=1S/C11H22N4/c1-3-12-11-13-5-4-6-15-9-7-14(2)8-10-15/h3-10H2,1-2H3. The van der Waals surface area contributed by atoms with E-state index in [0.717, 1.165) is 26.1 Å². The first-order valence-electron chi connectivity index (χ1n) is 5.82. The van der Waals surface area contributed by atoms with Crippen LogP contribution in [0.3, 0.4) is 0 Å². The minimum atomic E-state index is 0.780. The van der Waals surface area contributed by atoms with Crippen LogP contribution in [0, 0.1) is 0 Å². The van der Waals surface area contributed by atoms with Crippen LogP contribution in [-0.2, 0) is 0 Å². The molecule has 0 radical (unpaired) electrons. The molecule has 1 aliphatic heterocycles. The molecular formula is C11H22N4. The monoisotopic (exact) mass is 210 g/mol. The molecule has 0 unspecified atom stereocenters. The highest BCUT2D eigenvalue weighted by atomic mass is 15.2. The van der Waals surface area contributed by atoms with E-state index in [9.17, 15) is 0 Å². The average Bonchev–Trinajstić information content (AvgIpc) is 2.26. The minimum Gasteiger partial charge on any atom is -0.304 e. The molecule has 0 aromatic carbocycles. The molecule has 0 bridgehead atoms. The molecule has 1 fully saturated rings. The Kier molecular flexibility index (Phi) is 6.25. The van der Waals surface area contributed by atoms with Gasteiger partial charge in [-0.3, -0.25) is 0 Å². The van der Waals surface area contributed by atoms with Crippen molar-refractivity contribution in [3.05, 3.63) is 0 Å². The molecule has 86 valence electrons. The first kappa shape index (κ1) is 12.4. The van der Waals surface area contributed by atoms with Crippen LogP contribution in [0.2, 0.25) is 0 Å². The normalized spacial score (nSPS) is 18.5. The third-order valence-corrected chi connectivity index (χ3v) is 2.64. The highest BCUT2D eigenvalue weighted by Crippen LogP contribution is 1.99. The molecule has 0 N–H and O–H groups in total. The van der Waals surface area contributed by atoms with Gasteiger partial charge in [-0.15, -0.1) is 0 Å². The van der Waals surface area contributed by atoms with Gasteiger partial charge in [0.2, 0.25) is 0 Å². The molecule has 4 nitrogen and oxygen atoms in total. The van der Waals surface area contributed by atoms with Crippen molar-refractivity contribution in [2.45, 2.75) is 13.3 Å². The molecule has 0 aromatic heterocycles. The van der Waals surface area contributed by atoms with Crippen LogP contribution in [-0.4, -0.2) is 68.7 Å². The van der Waals surface area contributed by atoms with Gasteiger partial charge in [-0.1, -0.05) is 0 Å². The predicted octanol–water partition coefficient (Wildman–Crippen LogP) is 0.818. The fourth-order valence-corrected chi connectivity index (χ4v) is 1.62. The highest BCUT2D eigenvalue weighted by Gasteiger charge is 2.12. The fourth-order valence-electron chi connectivity index (χ4n) is 1.62. The lowest BCUT2D eigenvalue weighted by Gasteiger charge is -2.32. The van der Waals surface area contributed by atoms with Gasteiger partial charge in [-0.05, 0) is 20.4 Å². The van der Waals surface area contributed by atoms with Crippen LogP contribution in [0.5, 0.6) is 0 Å². The topological polar surface area (TPSA) is 31.2 Å². The Hall–Kier alpha value is -0.700. The molecule has 0 aliphatic carbocycles. The van der Waals surface area contributed by atoms with E-state index in [2.05, 4.69) is 32.8 Å².